The van der Waals surface area contributed by atoms with Gasteiger partial charge in [0.25, 0.3) is 0 Å². The first-order chi connectivity index (χ1) is 8.44. The molecule has 98 valence electrons. The summed E-state index contributed by atoms with van der Waals surface area (Å²) in [6.07, 6.45) is 3.32. The minimum absolute atomic E-state index is 0.162. The Bertz CT molecular complexity index is 429. The normalized spacial score (nSPS) is 11.3. The van der Waals surface area contributed by atoms with Crippen molar-refractivity contribution < 1.29 is 0 Å². The van der Waals surface area contributed by atoms with Crippen molar-refractivity contribution >= 4 is 11.8 Å². The largest absolute Gasteiger partial charge is 0.198 e. The number of benzene rings is 1. The summed E-state index contributed by atoms with van der Waals surface area (Å²) in [6.45, 7) is 8.34. The molecule has 0 fully saturated rings. The Kier molecular flexibility index (Phi) is 5.75. The highest BCUT2D eigenvalue weighted by Gasteiger charge is 2.15. The molecule has 2 heteroatoms. The molecule has 0 aliphatic heterocycles. The number of rotatable bonds is 6. The monoisotopic (exact) mass is 261 g/mol. The molecule has 1 aromatic rings. The zero-order valence-corrected chi connectivity index (χ0v) is 12.7. The van der Waals surface area contributed by atoms with Crippen LogP contribution in [0.2, 0.25) is 0 Å². The van der Waals surface area contributed by atoms with E-state index in [-0.39, 0.29) is 5.41 Å². The molecule has 0 saturated carbocycles. The Labute approximate surface area is 116 Å². The van der Waals surface area contributed by atoms with Crippen LogP contribution in [-0.4, -0.2) is 5.75 Å². The van der Waals surface area contributed by atoms with Crippen molar-refractivity contribution in [1.29, 1.82) is 5.26 Å². The van der Waals surface area contributed by atoms with E-state index in [1.54, 1.807) is 0 Å². The van der Waals surface area contributed by atoms with E-state index in [2.05, 4.69) is 38.1 Å². The zero-order valence-electron chi connectivity index (χ0n) is 11.9. The second-order valence-electron chi connectivity index (χ2n) is 5.57. The van der Waals surface area contributed by atoms with Gasteiger partial charge < -0.3 is 0 Å². The molecular formula is C16H23NS. The number of aryl methyl sites for hydroxylation is 2. The van der Waals surface area contributed by atoms with Crippen molar-refractivity contribution in [3.8, 4) is 6.07 Å². The fourth-order valence-corrected chi connectivity index (χ4v) is 2.89. The maximum atomic E-state index is 8.94. The van der Waals surface area contributed by atoms with E-state index in [1.807, 2.05) is 25.6 Å². The fourth-order valence-electron chi connectivity index (χ4n) is 1.87. The number of nitrogens with zero attached hydrogens (tertiary/aromatic N) is 1. The van der Waals surface area contributed by atoms with Gasteiger partial charge in [-0.05, 0) is 57.9 Å². The summed E-state index contributed by atoms with van der Waals surface area (Å²) in [4.78, 5) is 1.39. The number of thioether (sulfide) groups is 1. The van der Waals surface area contributed by atoms with E-state index < -0.39 is 0 Å². The fraction of sp³-hybridized carbons (Fsp3) is 0.562. The van der Waals surface area contributed by atoms with Crippen molar-refractivity contribution in [2.45, 2.75) is 51.9 Å². The maximum absolute atomic E-state index is 8.94. The molecule has 0 unspecified atom stereocenters. The average molecular weight is 261 g/mol. The van der Waals surface area contributed by atoms with Gasteiger partial charge in [0.05, 0.1) is 11.5 Å². The molecule has 0 saturated heterocycles. The molecule has 0 aliphatic carbocycles. The van der Waals surface area contributed by atoms with Gasteiger partial charge in [-0.3, -0.25) is 0 Å². The maximum Gasteiger partial charge on any atom is 0.0683 e. The molecule has 0 spiro atoms. The molecule has 0 radical (unpaired) electrons. The molecule has 0 aliphatic rings. The van der Waals surface area contributed by atoms with Crippen molar-refractivity contribution in [2.24, 2.45) is 5.41 Å². The van der Waals surface area contributed by atoms with Crippen LogP contribution in [0.4, 0.5) is 0 Å². The van der Waals surface area contributed by atoms with Crippen molar-refractivity contribution in [3.05, 3.63) is 29.3 Å². The Morgan fingerprint density at radius 1 is 1.22 bits per heavy atom. The molecule has 0 bridgehead atoms. The first-order valence-electron chi connectivity index (χ1n) is 6.56. The van der Waals surface area contributed by atoms with Gasteiger partial charge in [-0.2, -0.15) is 5.26 Å². The van der Waals surface area contributed by atoms with E-state index in [1.165, 1.54) is 22.4 Å². The Morgan fingerprint density at radius 2 is 1.94 bits per heavy atom. The van der Waals surface area contributed by atoms with Gasteiger partial charge in [0.15, 0.2) is 0 Å². The summed E-state index contributed by atoms with van der Waals surface area (Å²) >= 11 is 1.93. The molecular weight excluding hydrogens is 238 g/mol. The second kappa shape index (κ2) is 6.85. The van der Waals surface area contributed by atoms with E-state index in [0.717, 1.165) is 18.6 Å². The second-order valence-corrected chi connectivity index (χ2v) is 6.71. The van der Waals surface area contributed by atoms with Gasteiger partial charge in [0, 0.05) is 4.90 Å². The van der Waals surface area contributed by atoms with Gasteiger partial charge in [0.2, 0.25) is 0 Å². The number of nitriles is 1. The van der Waals surface area contributed by atoms with Crippen LogP contribution in [-0.2, 0) is 0 Å². The van der Waals surface area contributed by atoms with Crippen LogP contribution in [0.3, 0.4) is 0 Å². The predicted octanol–water partition coefficient (Wildman–Crippen LogP) is 5.12. The van der Waals surface area contributed by atoms with Crippen LogP contribution in [0, 0.1) is 30.6 Å². The molecule has 0 aromatic heterocycles. The van der Waals surface area contributed by atoms with Crippen LogP contribution in [0.5, 0.6) is 0 Å². The predicted molar refractivity (Wildman–Crippen MR) is 79.9 cm³/mol. The van der Waals surface area contributed by atoms with Gasteiger partial charge >= 0.3 is 0 Å². The smallest absolute Gasteiger partial charge is 0.0683 e. The van der Waals surface area contributed by atoms with E-state index in [0.29, 0.717) is 0 Å². The summed E-state index contributed by atoms with van der Waals surface area (Å²) < 4.78 is 0. The summed E-state index contributed by atoms with van der Waals surface area (Å²) in [6, 6.07) is 8.99. The molecule has 1 rings (SSSR count). The Hall–Kier alpha value is -0.940. The highest BCUT2D eigenvalue weighted by molar-refractivity contribution is 7.99. The van der Waals surface area contributed by atoms with E-state index >= 15 is 0 Å². The van der Waals surface area contributed by atoms with Crippen LogP contribution >= 0.6 is 11.8 Å². The van der Waals surface area contributed by atoms with Crippen LogP contribution in [0.1, 0.15) is 44.2 Å². The lowest BCUT2D eigenvalue weighted by molar-refractivity contribution is 0.433. The third kappa shape index (κ3) is 5.14. The lowest BCUT2D eigenvalue weighted by atomic mass is 9.89. The minimum Gasteiger partial charge on any atom is -0.198 e. The van der Waals surface area contributed by atoms with Crippen molar-refractivity contribution in [1.82, 2.24) is 0 Å². The quantitative estimate of drug-likeness (QED) is 0.524. The standard InChI is InChI=1S/C16H23NS/c1-13-7-8-15(14(2)11-13)18-10-6-5-9-16(3,4)12-17/h7-8,11H,5-6,9-10H2,1-4H3. The molecule has 0 N–H and O–H groups in total. The van der Waals surface area contributed by atoms with Gasteiger partial charge in [-0.25, -0.2) is 0 Å². The van der Waals surface area contributed by atoms with Crippen LogP contribution in [0.25, 0.3) is 0 Å². The van der Waals surface area contributed by atoms with E-state index in [9.17, 15) is 0 Å². The molecule has 18 heavy (non-hydrogen) atoms. The van der Waals surface area contributed by atoms with Crippen molar-refractivity contribution in [2.75, 3.05) is 5.75 Å². The topological polar surface area (TPSA) is 23.8 Å². The first-order valence-corrected chi connectivity index (χ1v) is 7.54. The third-order valence-electron chi connectivity index (χ3n) is 3.09. The van der Waals surface area contributed by atoms with E-state index in [4.69, 9.17) is 5.26 Å². The first kappa shape index (κ1) is 15.1. The molecule has 0 atom stereocenters. The highest BCUT2D eigenvalue weighted by atomic mass is 32.2. The summed E-state index contributed by atoms with van der Waals surface area (Å²) in [5.74, 6) is 1.14. The minimum atomic E-state index is -0.162. The summed E-state index contributed by atoms with van der Waals surface area (Å²) in [5.41, 5.74) is 2.54. The molecule has 0 amide bonds. The number of hydrogen-bond acceptors (Lipinski definition) is 2. The lowest BCUT2D eigenvalue weighted by Crippen LogP contribution is -2.07. The number of unbranched alkanes of at least 4 members (excludes halogenated alkanes) is 1. The van der Waals surface area contributed by atoms with Gasteiger partial charge in [0.1, 0.15) is 0 Å². The van der Waals surface area contributed by atoms with Crippen LogP contribution in [0.15, 0.2) is 23.1 Å². The molecule has 1 nitrogen and oxygen atoms in total. The molecule has 1 aromatic carbocycles. The Morgan fingerprint density at radius 3 is 2.56 bits per heavy atom. The van der Waals surface area contributed by atoms with Gasteiger partial charge in [-0.15, -0.1) is 11.8 Å². The Balaban J connectivity index is 2.29. The number of hydrogen-bond donors (Lipinski definition) is 0. The third-order valence-corrected chi connectivity index (χ3v) is 4.35. The SMILES string of the molecule is Cc1ccc(SCCCCC(C)(C)C#N)c(C)c1. The highest BCUT2D eigenvalue weighted by Crippen LogP contribution is 2.26. The molecule has 0 heterocycles. The average Bonchev–Trinajstić information content (AvgIpc) is 2.31. The van der Waals surface area contributed by atoms with Gasteiger partial charge in [-0.1, -0.05) is 24.1 Å². The van der Waals surface area contributed by atoms with Crippen molar-refractivity contribution in [3.63, 3.8) is 0 Å². The van der Waals surface area contributed by atoms with Crippen LogP contribution < -0.4 is 0 Å². The lowest BCUT2D eigenvalue weighted by Gasteiger charge is -2.14. The summed E-state index contributed by atoms with van der Waals surface area (Å²) in [7, 11) is 0. The summed E-state index contributed by atoms with van der Waals surface area (Å²) in [5, 5.41) is 8.94. The zero-order chi connectivity index (χ0) is 13.6.